The van der Waals surface area contributed by atoms with Crippen molar-refractivity contribution in [2.75, 3.05) is 11.3 Å². The normalized spacial score (nSPS) is 11.8. The molecule has 0 atom stereocenters. The Kier molecular flexibility index (Phi) is 6.47. The number of amides is 1. The van der Waals surface area contributed by atoms with Crippen LogP contribution in [-0.2, 0) is 22.6 Å². The number of thiophene rings is 1. The molecule has 0 bridgehead atoms. The van der Waals surface area contributed by atoms with E-state index in [0.717, 1.165) is 23.5 Å². The van der Waals surface area contributed by atoms with Crippen molar-refractivity contribution in [2.24, 2.45) is 0 Å². The summed E-state index contributed by atoms with van der Waals surface area (Å²) in [6, 6.07) is 13.8. The molecule has 0 saturated carbocycles. The highest BCUT2D eigenvalue weighted by Crippen LogP contribution is 2.29. The van der Waals surface area contributed by atoms with E-state index in [-0.39, 0.29) is 16.7 Å². The average molecular weight is 454 g/mol. The van der Waals surface area contributed by atoms with Gasteiger partial charge in [-0.05, 0) is 59.8 Å². The molecule has 1 heterocycles. The van der Waals surface area contributed by atoms with Crippen molar-refractivity contribution in [3.8, 4) is 0 Å². The number of benzene rings is 2. The van der Waals surface area contributed by atoms with Crippen molar-refractivity contribution in [1.29, 1.82) is 0 Å². The van der Waals surface area contributed by atoms with E-state index < -0.39 is 21.8 Å². The number of hydrogen-bond acceptors (Lipinski definition) is 4. The fourth-order valence-electron chi connectivity index (χ4n) is 2.59. The molecule has 2 N–H and O–H groups in total. The van der Waals surface area contributed by atoms with E-state index >= 15 is 0 Å². The summed E-state index contributed by atoms with van der Waals surface area (Å²) in [6.07, 6.45) is -4.00. The maximum Gasteiger partial charge on any atom is 0.416 e. The molecule has 2 aromatic carbocycles. The van der Waals surface area contributed by atoms with E-state index in [1.165, 1.54) is 42.5 Å². The second-order valence-electron chi connectivity index (χ2n) is 6.32. The zero-order chi connectivity index (χ0) is 21.8. The van der Waals surface area contributed by atoms with Crippen LogP contribution in [0.5, 0.6) is 0 Å². The summed E-state index contributed by atoms with van der Waals surface area (Å²) in [7, 11) is -3.66. The van der Waals surface area contributed by atoms with Crippen molar-refractivity contribution in [3.63, 3.8) is 0 Å². The quantitative estimate of drug-likeness (QED) is 0.550. The number of carbonyl (C=O) groups is 1. The largest absolute Gasteiger partial charge is 0.416 e. The van der Waals surface area contributed by atoms with E-state index in [1.54, 1.807) is 11.4 Å². The molecule has 0 spiro atoms. The Hall–Kier alpha value is -2.85. The molecule has 1 amide bonds. The van der Waals surface area contributed by atoms with Gasteiger partial charge in [0.25, 0.3) is 15.9 Å². The van der Waals surface area contributed by atoms with E-state index in [0.29, 0.717) is 23.2 Å². The van der Waals surface area contributed by atoms with Crippen LogP contribution >= 0.6 is 11.3 Å². The SMILES string of the molecule is O=C(NCCc1ccc(C(F)(F)F)cc1)c1ccc(NS(=O)(=O)c2cccs2)cc1. The predicted octanol–water partition coefficient (Wildman–Crippen LogP) is 4.54. The van der Waals surface area contributed by atoms with Gasteiger partial charge in [-0.1, -0.05) is 18.2 Å². The molecule has 0 aliphatic rings. The van der Waals surface area contributed by atoms with Gasteiger partial charge in [0.1, 0.15) is 4.21 Å². The molecular formula is C20H17F3N2O3S2. The summed E-state index contributed by atoms with van der Waals surface area (Å²) in [4.78, 5) is 12.2. The van der Waals surface area contributed by atoms with Crippen LogP contribution < -0.4 is 10.0 Å². The number of alkyl halides is 3. The van der Waals surface area contributed by atoms with Crippen LogP contribution in [0, 0.1) is 0 Å². The Balaban J connectivity index is 1.52. The highest BCUT2D eigenvalue weighted by molar-refractivity contribution is 7.94. The maximum atomic E-state index is 12.6. The summed E-state index contributed by atoms with van der Waals surface area (Å²) in [6.45, 7) is 0.247. The van der Waals surface area contributed by atoms with Crippen LogP contribution in [0.1, 0.15) is 21.5 Å². The van der Waals surface area contributed by atoms with E-state index in [2.05, 4.69) is 10.0 Å². The van der Waals surface area contributed by atoms with Crippen molar-refractivity contribution in [2.45, 2.75) is 16.8 Å². The first-order chi connectivity index (χ1) is 14.1. The number of hydrogen-bond donors (Lipinski definition) is 2. The standard InChI is InChI=1S/C20H17F3N2O3S2/c21-20(22,23)16-7-3-14(4-8-16)11-12-24-19(26)15-5-9-17(10-6-15)25-30(27,28)18-2-1-13-29-18/h1-10,13,25H,11-12H2,(H,24,26). The molecule has 3 aromatic rings. The van der Waals surface area contributed by atoms with Crippen molar-refractivity contribution >= 4 is 33.0 Å². The molecule has 10 heteroatoms. The van der Waals surface area contributed by atoms with Gasteiger partial charge < -0.3 is 5.32 Å². The molecule has 0 unspecified atom stereocenters. The molecule has 5 nitrogen and oxygen atoms in total. The first-order valence-electron chi connectivity index (χ1n) is 8.76. The Labute approximate surface area is 175 Å². The molecule has 0 saturated heterocycles. The first kappa shape index (κ1) is 21.8. The molecule has 0 fully saturated rings. The minimum Gasteiger partial charge on any atom is -0.352 e. The number of nitrogens with one attached hydrogen (secondary N) is 2. The highest BCUT2D eigenvalue weighted by atomic mass is 32.2. The van der Waals surface area contributed by atoms with Gasteiger partial charge in [0.15, 0.2) is 0 Å². The fraction of sp³-hybridized carbons (Fsp3) is 0.150. The minimum atomic E-state index is -4.38. The predicted molar refractivity (Wildman–Crippen MR) is 109 cm³/mol. The summed E-state index contributed by atoms with van der Waals surface area (Å²) in [5.74, 6) is -0.366. The van der Waals surface area contributed by atoms with E-state index in [1.807, 2.05) is 0 Å². The zero-order valence-electron chi connectivity index (χ0n) is 15.4. The van der Waals surface area contributed by atoms with Gasteiger partial charge in [-0.3, -0.25) is 9.52 Å². The van der Waals surface area contributed by atoms with Gasteiger partial charge in [-0.15, -0.1) is 11.3 Å². The van der Waals surface area contributed by atoms with Crippen LogP contribution in [0.2, 0.25) is 0 Å². The van der Waals surface area contributed by atoms with Crippen molar-refractivity contribution < 1.29 is 26.4 Å². The lowest BCUT2D eigenvalue weighted by atomic mass is 10.1. The second kappa shape index (κ2) is 8.88. The second-order valence-corrected chi connectivity index (χ2v) is 9.17. The van der Waals surface area contributed by atoms with E-state index in [4.69, 9.17) is 0 Å². The van der Waals surface area contributed by atoms with Gasteiger partial charge in [0, 0.05) is 17.8 Å². The van der Waals surface area contributed by atoms with Crippen LogP contribution in [0.25, 0.3) is 0 Å². The maximum absolute atomic E-state index is 12.6. The minimum absolute atomic E-state index is 0.188. The van der Waals surface area contributed by atoms with Crippen LogP contribution in [0.3, 0.4) is 0 Å². The molecular weight excluding hydrogens is 437 g/mol. The topological polar surface area (TPSA) is 75.3 Å². The summed E-state index contributed by atoms with van der Waals surface area (Å²) >= 11 is 1.10. The molecule has 1 aromatic heterocycles. The third-order valence-corrected chi connectivity index (χ3v) is 6.92. The lowest BCUT2D eigenvalue weighted by Crippen LogP contribution is -2.25. The molecule has 3 rings (SSSR count). The van der Waals surface area contributed by atoms with Gasteiger partial charge in [-0.25, -0.2) is 8.42 Å². The Bertz CT molecular complexity index is 1090. The third-order valence-electron chi connectivity index (χ3n) is 4.14. The third kappa shape index (κ3) is 5.61. The van der Waals surface area contributed by atoms with Gasteiger partial charge >= 0.3 is 6.18 Å². The number of sulfonamides is 1. The fourth-order valence-corrected chi connectivity index (χ4v) is 4.65. The summed E-state index contributed by atoms with van der Waals surface area (Å²) in [5, 5.41) is 4.34. The van der Waals surface area contributed by atoms with Crippen LogP contribution in [0.15, 0.2) is 70.3 Å². The van der Waals surface area contributed by atoms with Gasteiger partial charge in [0.2, 0.25) is 0 Å². The highest BCUT2D eigenvalue weighted by Gasteiger charge is 2.29. The molecule has 0 aliphatic carbocycles. The average Bonchev–Trinajstić information content (AvgIpc) is 3.24. The number of halogens is 3. The molecule has 30 heavy (non-hydrogen) atoms. The number of anilines is 1. The summed E-state index contributed by atoms with van der Waals surface area (Å²) in [5.41, 5.74) is 0.609. The molecule has 158 valence electrons. The Morgan fingerprint density at radius 2 is 1.63 bits per heavy atom. The number of carbonyl (C=O) groups excluding carboxylic acids is 1. The molecule has 0 radical (unpaired) electrons. The first-order valence-corrected chi connectivity index (χ1v) is 11.1. The Morgan fingerprint density at radius 3 is 2.20 bits per heavy atom. The lowest BCUT2D eigenvalue weighted by molar-refractivity contribution is -0.137. The van der Waals surface area contributed by atoms with Crippen molar-refractivity contribution in [1.82, 2.24) is 5.32 Å². The Morgan fingerprint density at radius 1 is 0.967 bits per heavy atom. The molecule has 0 aliphatic heterocycles. The van der Waals surface area contributed by atoms with E-state index in [9.17, 15) is 26.4 Å². The van der Waals surface area contributed by atoms with Gasteiger partial charge in [0.05, 0.1) is 5.56 Å². The number of rotatable bonds is 7. The summed E-state index contributed by atoms with van der Waals surface area (Å²) < 4.78 is 64.7. The van der Waals surface area contributed by atoms with Crippen LogP contribution in [-0.4, -0.2) is 20.9 Å². The smallest absolute Gasteiger partial charge is 0.352 e. The zero-order valence-corrected chi connectivity index (χ0v) is 17.1. The van der Waals surface area contributed by atoms with Gasteiger partial charge in [-0.2, -0.15) is 13.2 Å². The van der Waals surface area contributed by atoms with Crippen LogP contribution in [0.4, 0.5) is 18.9 Å². The van der Waals surface area contributed by atoms with Crippen molar-refractivity contribution in [3.05, 3.63) is 82.7 Å². The lowest BCUT2D eigenvalue weighted by Gasteiger charge is -2.09. The monoisotopic (exact) mass is 454 g/mol.